The second kappa shape index (κ2) is 3.70. The minimum Gasteiger partial charge on any atom is -0.273 e. The maximum atomic E-state index is 11.8. The van der Waals surface area contributed by atoms with Crippen LogP contribution < -0.4 is 4.90 Å². The Labute approximate surface area is 92.5 Å². The highest BCUT2D eigenvalue weighted by Gasteiger charge is 2.38. The molecule has 2 rings (SSSR count). The second-order valence-corrected chi connectivity index (χ2v) is 4.78. The van der Waals surface area contributed by atoms with Crippen LogP contribution in [0.5, 0.6) is 0 Å². The molecule has 3 nitrogen and oxygen atoms in total. The summed E-state index contributed by atoms with van der Waals surface area (Å²) in [6, 6.07) is 7.41. The molecule has 0 N–H and O–H groups in total. The van der Waals surface area contributed by atoms with Crippen molar-refractivity contribution in [1.29, 1.82) is 0 Å². The predicted molar refractivity (Wildman–Crippen MR) is 61.1 cm³/mol. The zero-order valence-corrected chi connectivity index (χ0v) is 9.38. The molecular formula is C11H11NO2S. The van der Waals surface area contributed by atoms with Crippen LogP contribution in [0.3, 0.4) is 0 Å². The summed E-state index contributed by atoms with van der Waals surface area (Å²) in [5, 5.41) is -0.445. The van der Waals surface area contributed by atoms with Crippen molar-refractivity contribution in [3.05, 3.63) is 29.8 Å². The van der Waals surface area contributed by atoms with Crippen LogP contribution in [-0.4, -0.2) is 16.4 Å². The molecule has 0 aliphatic carbocycles. The van der Waals surface area contributed by atoms with Gasteiger partial charge in [0.2, 0.25) is 5.91 Å². The van der Waals surface area contributed by atoms with Gasteiger partial charge in [0.25, 0.3) is 5.24 Å². The number of rotatable bonds is 1. The van der Waals surface area contributed by atoms with Crippen LogP contribution in [0.1, 0.15) is 12.5 Å². The summed E-state index contributed by atoms with van der Waals surface area (Å²) in [5.74, 6) is -0.126. The molecule has 4 heteroatoms. The number of amides is 2. The summed E-state index contributed by atoms with van der Waals surface area (Å²) in [4.78, 5) is 24.6. The molecule has 0 aromatic heterocycles. The van der Waals surface area contributed by atoms with Crippen molar-refractivity contribution in [3.63, 3.8) is 0 Å². The highest BCUT2D eigenvalue weighted by Crippen LogP contribution is 2.32. The van der Waals surface area contributed by atoms with Gasteiger partial charge in [0.15, 0.2) is 0 Å². The van der Waals surface area contributed by atoms with Gasteiger partial charge in [-0.25, -0.2) is 4.90 Å². The van der Waals surface area contributed by atoms with Crippen molar-refractivity contribution in [3.8, 4) is 0 Å². The van der Waals surface area contributed by atoms with Gasteiger partial charge >= 0.3 is 0 Å². The van der Waals surface area contributed by atoms with E-state index in [0.717, 1.165) is 17.3 Å². The van der Waals surface area contributed by atoms with Gasteiger partial charge in [0.05, 0.1) is 10.9 Å². The molecule has 1 fully saturated rings. The lowest BCUT2D eigenvalue weighted by atomic mass is 10.2. The van der Waals surface area contributed by atoms with Crippen molar-refractivity contribution >= 4 is 28.6 Å². The van der Waals surface area contributed by atoms with E-state index in [1.54, 1.807) is 13.0 Å². The van der Waals surface area contributed by atoms with E-state index in [9.17, 15) is 9.59 Å². The zero-order chi connectivity index (χ0) is 11.0. The van der Waals surface area contributed by atoms with Gasteiger partial charge in [-0.15, -0.1) is 0 Å². The predicted octanol–water partition coefficient (Wildman–Crippen LogP) is 2.58. The van der Waals surface area contributed by atoms with E-state index < -0.39 is 0 Å². The van der Waals surface area contributed by atoms with Crippen molar-refractivity contribution in [2.24, 2.45) is 0 Å². The standard InChI is InChI=1S/C11H11NO2S/c1-7-5-3-4-6-9(7)12-10(13)8(2)15-11(12)14/h3-6,8H,1-2H3. The molecular weight excluding hydrogens is 210 g/mol. The number of carbonyl (C=O) groups is 2. The number of thioether (sulfide) groups is 1. The fourth-order valence-corrected chi connectivity index (χ4v) is 2.36. The lowest BCUT2D eigenvalue weighted by Crippen LogP contribution is -2.30. The normalized spacial score (nSPS) is 21.2. The molecule has 1 saturated heterocycles. The minimum atomic E-state index is -0.267. The fraction of sp³-hybridized carbons (Fsp3) is 0.273. The van der Waals surface area contributed by atoms with Crippen LogP contribution >= 0.6 is 11.8 Å². The van der Waals surface area contributed by atoms with E-state index in [-0.39, 0.29) is 16.4 Å². The monoisotopic (exact) mass is 221 g/mol. The Morgan fingerprint density at radius 2 is 1.93 bits per heavy atom. The molecule has 0 radical (unpaired) electrons. The summed E-state index contributed by atoms with van der Waals surface area (Å²) in [5.41, 5.74) is 1.64. The largest absolute Gasteiger partial charge is 0.293 e. The second-order valence-electron chi connectivity index (χ2n) is 3.49. The lowest BCUT2D eigenvalue weighted by molar-refractivity contribution is -0.116. The Morgan fingerprint density at radius 1 is 1.27 bits per heavy atom. The third-order valence-corrected chi connectivity index (χ3v) is 3.32. The number of anilines is 1. The first-order valence-electron chi connectivity index (χ1n) is 4.71. The summed E-state index contributed by atoms with van der Waals surface area (Å²) < 4.78 is 0. The molecule has 2 amide bonds. The number of carbonyl (C=O) groups excluding carboxylic acids is 2. The highest BCUT2D eigenvalue weighted by molar-refractivity contribution is 8.15. The van der Waals surface area contributed by atoms with Crippen LogP contribution in [0, 0.1) is 6.92 Å². The molecule has 15 heavy (non-hydrogen) atoms. The smallest absolute Gasteiger partial charge is 0.273 e. The Kier molecular flexibility index (Phi) is 2.52. The van der Waals surface area contributed by atoms with Crippen molar-refractivity contribution in [2.75, 3.05) is 4.90 Å². The minimum absolute atomic E-state index is 0.126. The first kappa shape index (κ1) is 10.2. The van der Waals surface area contributed by atoms with Crippen LogP contribution in [0.2, 0.25) is 0 Å². The van der Waals surface area contributed by atoms with Gasteiger partial charge in [-0.05, 0) is 25.5 Å². The van der Waals surface area contributed by atoms with Crippen LogP contribution in [-0.2, 0) is 4.79 Å². The maximum Gasteiger partial charge on any atom is 0.293 e. The van der Waals surface area contributed by atoms with E-state index in [2.05, 4.69) is 0 Å². The Hall–Kier alpha value is -1.29. The van der Waals surface area contributed by atoms with E-state index in [4.69, 9.17) is 0 Å². The highest BCUT2D eigenvalue weighted by atomic mass is 32.2. The van der Waals surface area contributed by atoms with E-state index in [1.807, 2.05) is 25.1 Å². The first-order valence-corrected chi connectivity index (χ1v) is 5.59. The lowest BCUT2D eigenvalue weighted by Gasteiger charge is -2.15. The molecule has 0 bridgehead atoms. The van der Waals surface area contributed by atoms with E-state index in [0.29, 0.717) is 5.69 Å². The van der Waals surface area contributed by atoms with Gasteiger partial charge < -0.3 is 0 Å². The van der Waals surface area contributed by atoms with Crippen LogP contribution in [0.15, 0.2) is 24.3 Å². The molecule has 1 aromatic carbocycles. The summed E-state index contributed by atoms with van der Waals surface area (Å²) in [7, 11) is 0. The number of hydrogen-bond acceptors (Lipinski definition) is 3. The van der Waals surface area contributed by atoms with Crippen LogP contribution in [0.4, 0.5) is 10.5 Å². The summed E-state index contributed by atoms with van der Waals surface area (Å²) >= 11 is 1.08. The summed E-state index contributed by atoms with van der Waals surface area (Å²) in [6.07, 6.45) is 0. The third-order valence-electron chi connectivity index (χ3n) is 2.38. The van der Waals surface area contributed by atoms with Crippen molar-refractivity contribution < 1.29 is 9.59 Å². The number of benzene rings is 1. The van der Waals surface area contributed by atoms with E-state index >= 15 is 0 Å². The van der Waals surface area contributed by atoms with Gasteiger partial charge in [-0.2, -0.15) is 0 Å². The Bertz CT molecular complexity index is 430. The molecule has 1 aliphatic heterocycles. The molecule has 0 saturated carbocycles. The summed E-state index contributed by atoms with van der Waals surface area (Å²) in [6.45, 7) is 3.65. The molecule has 78 valence electrons. The average Bonchev–Trinajstić information content (AvgIpc) is 2.43. The zero-order valence-electron chi connectivity index (χ0n) is 8.56. The molecule has 1 atom stereocenters. The quantitative estimate of drug-likeness (QED) is 0.731. The average molecular weight is 221 g/mol. The number of aryl methyl sites for hydroxylation is 1. The molecule has 1 aromatic rings. The molecule has 1 aliphatic rings. The Morgan fingerprint density at radius 3 is 2.47 bits per heavy atom. The van der Waals surface area contributed by atoms with Gasteiger partial charge in [-0.1, -0.05) is 30.0 Å². The van der Waals surface area contributed by atoms with Crippen LogP contribution in [0.25, 0.3) is 0 Å². The SMILES string of the molecule is Cc1ccccc1N1C(=O)SC(C)C1=O. The van der Waals surface area contributed by atoms with Crippen molar-refractivity contribution in [1.82, 2.24) is 0 Å². The number of hydrogen-bond donors (Lipinski definition) is 0. The first-order chi connectivity index (χ1) is 7.11. The Balaban J connectivity index is 2.44. The topological polar surface area (TPSA) is 37.4 Å². The fourth-order valence-electron chi connectivity index (χ4n) is 1.56. The maximum absolute atomic E-state index is 11.8. The third kappa shape index (κ3) is 1.65. The van der Waals surface area contributed by atoms with Crippen molar-refractivity contribution in [2.45, 2.75) is 19.1 Å². The van der Waals surface area contributed by atoms with Gasteiger partial charge in [-0.3, -0.25) is 9.59 Å². The van der Waals surface area contributed by atoms with Gasteiger partial charge in [0.1, 0.15) is 0 Å². The number of nitrogens with zero attached hydrogens (tertiary/aromatic N) is 1. The number of para-hydroxylation sites is 1. The van der Waals surface area contributed by atoms with E-state index in [1.165, 1.54) is 4.90 Å². The molecule has 1 heterocycles. The molecule has 1 unspecified atom stereocenters. The molecule has 0 spiro atoms. The number of imide groups is 1. The van der Waals surface area contributed by atoms with Gasteiger partial charge in [0, 0.05) is 0 Å².